The Morgan fingerprint density at radius 1 is 0.769 bits per heavy atom. The van der Waals surface area contributed by atoms with Crippen molar-refractivity contribution in [3.8, 4) is 0 Å². The van der Waals surface area contributed by atoms with Crippen molar-refractivity contribution >= 4 is 12.4 Å². The van der Waals surface area contributed by atoms with E-state index in [0.717, 1.165) is 61.8 Å². The van der Waals surface area contributed by atoms with Gasteiger partial charge in [0.05, 0.1) is 24.5 Å². The van der Waals surface area contributed by atoms with E-state index in [2.05, 4.69) is 30.6 Å². The van der Waals surface area contributed by atoms with E-state index in [9.17, 15) is 0 Å². The van der Waals surface area contributed by atoms with E-state index in [0.29, 0.717) is 0 Å². The van der Waals surface area contributed by atoms with Gasteiger partial charge in [-0.05, 0) is 51.2 Å². The Kier molecular flexibility index (Phi) is 9.18. The third kappa shape index (κ3) is 7.63. The van der Waals surface area contributed by atoms with Crippen LogP contribution in [0.15, 0.2) is 46.4 Å². The van der Waals surface area contributed by atoms with Gasteiger partial charge in [-0.15, -0.1) is 0 Å². The number of hydrogen-bond donors (Lipinski definition) is 2. The van der Waals surface area contributed by atoms with Crippen molar-refractivity contribution in [1.82, 2.24) is 20.6 Å². The predicted molar refractivity (Wildman–Crippen MR) is 109 cm³/mol. The van der Waals surface area contributed by atoms with Gasteiger partial charge in [-0.3, -0.25) is 20.0 Å². The second kappa shape index (κ2) is 12.0. The molecule has 2 N–H and O–H groups in total. The van der Waals surface area contributed by atoms with Crippen LogP contribution in [0.1, 0.15) is 22.8 Å². The Labute approximate surface area is 155 Å². The molecule has 6 heteroatoms. The molecule has 0 unspecified atom stereocenters. The maximum atomic E-state index is 4.65. The van der Waals surface area contributed by atoms with Gasteiger partial charge in [0.2, 0.25) is 0 Å². The molecule has 0 atom stereocenters. The molecule has 0 bridgehead atoms. The number of pyridine rings is 2. The summed E-state index contributed by atoms with van der Waals surface area (Å²) >= 11 is 0. The standard InChI is InChI=1S/C20H28N6/c1-21-11-13-23-15-19-7-3-5-17(25-19)9-10-18-6-4-8-20(26-18)16-24-14-12-22-2/h3-8,15-16,21-22H,9-14H2,1-2H3. The van der Waals surface area contributed by atoms with Gasteiger partial charge in [0.25, 0.3) is 0 Å². The van der Waals surface area contributed by atoms with Crippen molar-refractivity contribution < 1.29 is 0 Å². The molecule has 0 aliphatic carbocycles. The van der Waals surface area contributed by atoms with E-state index >= 15 is 0 Å². The summed E-state index contributed by atoms with van der Waals surface area (Å²) in [7, 11) is 3.84. The number of nitrogens with one attached hydrogen (secondary N) is 2. The van der Waals surface area contributed by atoms with E-state index in [1.165, 1.54) is 0 Å². The molecule has 0 amide bonds. The van der Waals surface area contributed by atoms with Crippen LogP contribution >= 0.6 is 0 Å². The van der Waals surface area contributed by atoms with Crippen LogP contribution in [0.4, 0.5) is 0 Å². The van der Waals surface area contributed by atoms with E-state index in [1.54, 1.807) is 0 Å². The van der Waals surface area contributed by atoms with Crippen LogP contribution in [0.3, 0.4) is 0 Å². The Morgan fingerprint density at radius 3 is 1.65 bits per heavy atom. The summed E-state index contributed by atoms with van der Waals surface area (Å²) in [5, 5.41) is 6.15. The molecule has 6 nitrogen and oxygen atoms in total. The van der Waals surface area contributed by atoms with Crippen molar-refractivity contribution in [2.24, 2.45) is 9.98 Å². The highest BCUT2D eigenvalue weighted by Crippen LogP contribution is 2.05. The van der Waals surface area contributed by atoms with Gasteiger partial charge >= 0.3 is 0 Å². The fourth-order valence-corrected chi connectivity index (χ4v) is 2.34. The van der Waals surface area contributed by atoms with Crippen molar-refractivity contribution in [1.29, 1.82) is 0 Å². The Bertz CT molecular complexity index is 649. The maximum Gasteiger partial charge on any atom is 0.0811 e. The Balaban J connectivity index is 1.90. The third-order valence-corrected chi connectivity index (χ3v) is 3.72. The zero-order valence-electron chi connectivity index (χ0n) is 15.7. The smallest absolute Gasteiger partial charge is 0.0811 e. The molecule has 0 aromatic carbocycles. The molecule has 0 saturated heterocycles. The molecule has 0 spiro atoms. The van der Waals surface area contributed by atoms with Crippen LogP contribution in [0.2, 0.25) is 0 Å². The second-order valence-electron chi connectivity index (χ2n) is 5.89. The molecule has 0 aliphatic heterocycles. The zero-order valence-corrected chi connectivity index (χ0v) is 15.7. The number of hydrogen-bond acceptors (Lipinski definition) is 6. The minimum Gasteiger partial charge on any atom is -0.318 e. The summed E-state index contributed by atoms with van der Waals surface area (Å²) in [5.74, 6) is 0. The fraction of sp³-hybridized carbons (Fsp3) is 0.400. The lowest BCUT2D eigenvalue weighted by molar-refractivity contribution is 0.803. The first-order chi connectivity index (χ1) is 12.8. The van der Waals surface area contributed by atoms with Crippen LogP contribution < -0.4 is 10.6 Å². The number of nitrogens with zero attached hydrogens (tertiary/aromatic N) is 4. The minimum absolute atomic E-state index is 0.759. The summed E-state index contributed by atoms with van der Waals surface area (Å²) in [6, 6.07) is 12.1. The molecule has 138 valence electrons. The number of aromatic nitrogens is 2. The average molecular weight is 352 g/mol. The molecule has 2 aromatic rings. The first-order valence-corrected chi connectivity index (χ1v) is 9.02. The number of aliphatic imine (C=N–C) groups is 2. The lowest BCUT2D eigenvalue weighted by Gasteiger charge is -2.03. The summed E-state index contributed by atoms with van der Waals surface area (Å²) in [6.45, 7) is 3.26. The second-order valence-corrected chi connectivity index (χ2v) is 5.89. The van der Waals surface area contributed by atoms with Crippen molar-refractivity contribution in [3.63, 3.8) is 0 Å². The summed E-state index contributed by atoms with van der Waals surface area (Å²) in [5.41, 5.74) is 3.91. The van der Waals surface area contributed by atoms with Gasteiger partial charge in [0, 0.05) is 36.9 Å². The molecule has 0 radical (unpaired) electrons. The normalized spacial score (nSPS) is 11.6. The summed E-state index contributed by atoms with van der Waals surface area (Å²) < 4.78 is 0. The molecule has 0 fully saturated rings. The van der Waals surface area contributed by atoms with Crippen LogP contribution in [-0.2, 0) is 12.8 Å². The largest absolute Gasteiger partial charge is 0.318 e. The maximum absolute atomic E-state index is 4.65. The monoisotopic (exact) mass is 352 g/mol. The minimum atomic E-state index is 0.759. The van der Waals surface area contributed by atoms with Gasteiger partial charge < -0.3 is 10.6 Å². The van der Waals surface area contributed by atoms with E-state index in [-0.39, 0.29) is 0 Å². The van der Waals surface area contributed by atoms with Gasteiger partial charge in [0.15, 0.2) is 0 Å². The van der Waals surface area contributed by atoms with Crippen LogP contribution in [0.25, 0.3) is 0 Å². The van der Waals surface area contributed by atoms with Crippen molar-refractivity contribution in [3.05, 3.63) is 59.2 Å². The molecule has 2 heterocycles. The molecule has 26 heavy (non-hydrogen) atoms. The molecule has 0 aliphatic rings. The number of likely N-dealkylation sites (N-methyl/N-ethyl adjacent to an activating group) is 2. The zero-order chi connectivity index (χ0) is 18.5. The third-order valence-electron chi connectivity index (χ3n) is 3.72. The molecular formula is C20H28N6. The highest BCUT2D eigenvalue weighted by Gasteiger charge is 2.00. The van der Waals surface area contributed by atoms with E-state index in [1.807, 2.05) is 62.9 Å². The van der Waals surface area contributed by atoms with E-state index in [4.69, 9.17) is 0 Å². The van der Waals surface area contributed by atoms with Gasteiger partial charge in [-0.25, -0.2) is 0 Å². The Morgan fingerprint density at radius 2 is 1.23 bits per heavy atom. The molecule has 2 rings (SSSR count). The van der Waals surface area contributed by atoms with Gasteiger partial charge in [-0.1, -0.05) is 12.1 Å². The molecule has 0 saturated carbocycles. The van der Waals surface area contributed by atoms with Crippen molar-refractivity contribution in [2.75, 3.05) is 40.3 Å². The highest BCUT2D eigenvalue weighted by molar-refractivity contribution is 5.77. The van der Waals surface area contributed by atoms with E-state index < -0.39 is 0 Å². The molecular weight excluding hydrogens is 324 g/mol. The Hall–Kier alpha value is -2.44. The van der Waals surface area contributed by atoms with Crippen molar-refractivity contribution in [2.45, 2.75) is 12.8 Å². The quantitative estimate of drug-likeness (QED) is 0.475. The first kappa shape index (κ1) is 19.9. The van der Waals surface area contributed by atoms with Gasteiger partial charge in [-0.2, -0.15) is 0 Å². The van der Waals surface area contributed by atoms with Gasteiger partial charge in [0.1, 0.15) is 0 Å². The molecule has 2 aromatic heterocycles. The highest BCUT2D eigenvalue weighted by atomic mass is 14.9. The topological polar surface area (TPSA) is 74.6 Å². The summed E-state index contributed by atoms with van der Waals surface area (Å²) in [4.78, 5) is 18.0. The summed E-state index contributed by atoms with van der Waals surface area (Å²) in [6.07, 6.45) is 5.37. The van der Waals surface area contributed by atoms with Crippen LogP contribution in [0, 0.1) is 0 Å². The first-order valence-electron chi connectivity index (χ1n) is 9.02. The average Bonchev–Trinajstić information content (AvgIpc) is 2.68. The lowest BCUT2D eigenvalue weighted by atomic mass is 10.1. The van der Waals surface area contributed by atoms with Crippen LogP contribution in [-0.4, -0.2) is 62.7 Å². The lowest BCUT2D eigenvalue weighted by Crippen LogP contribution is -2.10. The number of rotatable bonds is 11. The predicted octanol–water partition coefficient (Wildman–Crippen LogP) is 1.54. The van der Waals surface area contributed by atoms with Crippen LogP contribution in [0.5, 0.6) is 0 Å². The SMILES string of the molecule is CNCCN=Cc1cccc(CCc2cccc(C=NCCNC)n2)n1. The number of aryl methyl sites for hydroxylation is 2. The fourth-order valence-electron chi connectivity index (χ4n) is 2.34.